The van der Waals surface area contributed by atoms with Gasteiger partial charge in [-0.05, 0) is 18.6 Å². The first kappa shape index (κ1) is 8.28. The van der Waals surface area contributed by atoms with Crippen LogP contribution in [0, 0.1) is 0 Å². The predicted octanol–water partition coefficient (Wildman–Crippen LogP) is 2.60. The summed E-state index contributed by atoms with van der Waals surface area (Å²) in [5.41, 5.74) is 1.31. The van der Waals surface area contributed by atoms with Crippen molar-refractivity contribution in [1.82, 2.24) is 4.98 Å². The summed E-state index contributed by atoms with van der Waals surface area (Å²) in [6.07, 6.45) is 3.05. The number of rotatable bonds is 1. The summed E-state index contributed by atoms with van der Waals surface area (Å²) in [5.74, 6) is 0. The molecule has 1 nitrogen and oxygen atoms in total. The number of aryl methyl sites for hydroxylation is 1. The maximum Gasteiger partial charge on any atom is 0.0144 e. The van der Waals surface area contributed by atoms with Crippen LogP contribution >= 0.6 is 0 Å². The summed E-state index contributed by atoms with van der Waals surface area (Å²) >= 11 is 0. The molecular formula is C8H15N. The maximum absolute atomic E-state index is 3.09. The number of hydrogen-bond donors (Lipinski definition) is 1. The lowest BCUT2D eigenvalue weighted by molar-refractivity contribution is 1.06. The van der Waals surface area contributed by atoms with Crippen molar-refractivity contribution in [2.45, 2.75) is 27.2 Å². The minimum absolute atomic E-state index is 1.10. The van der Waals surface area contributed by atoms with E-state index in [9.17, 15) is 0 Å². The third-order valence-electron chi connectivity index (χ3n) is 1.04. The van der Waals surface area contributed by atoms with E-state index in [-0.39, 0.29) is 0 Å². The molecule has 0 spiro atoms. The zero-order valence-electron chi connectivity index (χ0n) is 6.44. The summed E-state index contributed by atoms with van der Waals surface area (Å²) in [5, 5.41) is 0. The zero-order valence-corrected chi connectivity index (χ0v) is 6.44. The van der Waals surface area contributed by atoms with Crippen LogP contribution in [-0.4, -0.2) is 4.98 Å². The van der Waals surface area contributed by atoms with Gasteiger partial charge in [-0.15, -0.1) is 0 Å². The molecule has 1 aromatic rings. The predicted molar refractivity (Wildman–Crippen MR) is 41.5 cm³/mol. The second-order valence-electron chi connectivity index (χ2n) is 1.55. The Morgan fingerprint density at radius 1 is 1.44 bits per heavy atom. The second kappa shape index (κ2) is 5.42. The van der Waals surface area contributed by atoms with Gasteiger partial charge in [0, 0.05) is 11.9 Å². The van der Waals surface area contributed by atoms with E-state index >= 15 is 0 Å². The van der Waals surface area contributed by atoms with Gasteiger partial charge in [-0.25, -0.2) is 0 Å². The monoisotopic (exact) mass is 125 g/mol. The molecule has 0 aromatic carbocycles. The van der Waals surface area contributed by atoms with Gasteiger partial charge >= 0.3 is 0 Å². The van der Waals surface area contributed by atoms with Crippen molar-refractivity contribution in [1.29, 1.82) is 0 Å². The number of nitrogens with one attached hydrogen (secondary N) is 1. The van der Waals surface area contributed by atoms with Gasteiger partial charge in [0.25, 0.3) is 0 Å². The van der Waals surface area contributed by atoms with E-state index in [1.165, 1.54) is 5.69 Å². The summed E-state index contributed by atoms with van der Waals surface area (Å²) in [6.45, 7) is 6.13. The summed E-state index contributed by atoms with van der Waals surface area (Å²) in [7, 11) is 0. The Labute approximate surface area is 57.1 Å². The highest BCUT2D eigenvalue weighted by Gasteiger charge is 1.80. The van der Waals surface area contributed by atoms with Crippen LogP contribution in [0.25, 0.3) is 0 Å². The minimum Gasteiger partial charge on any atom is -0.365 e. The van der Waals surface area contributed by atoms with Gasteiger partial charge in [0.1, 0.15) is 0 Å². The molecule has 1 N–H and O–H groups in total. The molecule has 1 heteroatoms. The standard InChI is InChI=1S/C6H9N.C2H6/c1-2-6-4-3-5-7-6;1-2/h3-5,7H,2H2,1H3;1-2H3. The molecule has 52 valence electrons. The Morgan fingerprint density at radius 3 is 2.33 bits per heavy atom. The third kappa shape index (κ3) is 2.96. The normalized spacial score (nSPS) is 7.89. The molecule has 0 atom stereocenters. The molecule has 0 aliphatic heterocycles. The van der Waals surface area contributed by atoms with Crippen molar-refractivity contribution < 1.29 is 0 Å². The van der Waals surface area contributed by atoms with Gasteiger partial charge in [-0.1, -0.05) is 20.8 Å². The minimum atomic E-state index is 1.10. The molecule has 0 aliphatic rings. The smallest absolute Gasteiger partial charge is 0.0144 e. The Morgan fingerprint density at radius 2 is 2.11 bits per heavy atom. The van der Waals surface area contributed by atoms with Crippen LogP contribution in [-0.2, 0) is 6.42 Å². The van der Waals surface area contributed by atoms with Crippen LogP contribution in [0.3, 0.4) is 0 Å². The van der Waals surface area contributed by atoms with E-state index in [4.69, 9.17) is 0 Å². The van der Waals surface area contributed by atoms with Crippen LogP contribution in [0.15, 0.2) is 18.3 Å². The fourth-order valence-electron chi connectivity index (χ4n) is 0.587. The van der Waals surface area contributed by atoms with Crippen molar-refractivity contribution >= 4 is 0 Å². The van der Waals surface area contributed by atoms with Crippen molar-refractivity contribution in [2.75, 3.05) is 0 Å². The molecule has 0 amide bonds. The summed E-state index contributed by atoms with van der Waals surface area (Å²) < 4.78 is 0. The fourth-order valence-corrected chi connectivity index (χ4v) is 0.587. The van der Waals surface area contributed by atoms with E-state index in [0.717, 1.165) is 6.42 Å². The van der Waals surface area contributed by atoms with Crippen molar-refractivity contribution in [3.05, 3.63) is 24.0 Å². The summed E-state index contributed by atoms with van der Waals surface area (Å²) in [4.78, 5) is 3.09. The fraction of sp³-hybridized carbons (Fsp3) is 0.500. The van der Waals surface area contributed by atoms with Crippen molar-refractivity contribution in [3.63, 3.8) is 0 Å². The lowest BCUT2D eigenvalue weighted by Gasteiger charge is -1.81. The third-order valence-corrected chi connectivity index (χ3v) is 1.04. The first-order chi connectivity index (χ1) is 4.43. The maximum atomic E-state index is 3.09. The molecule has 0 saturated carbocycles. The molecule has 0 fully saturated rings. The molecule has 0 saturated heterocycles. The van der Waals surface area contributed by atoms with Crippen LogP contribution < -0.4 is 0 Å². The largest absolute Gasteiger partial charge is 0.365 e. The highest BCUT2D eigenvalue weighted by molar-refractivity contribution is 5.02. The van der Waals surface area contributed by atoms with Crippen LogP contribution in [0.4, 0.5) is 0 Å². The molecule has 1 rings (SSSR count). The number of H-pyrrole nitrogens is 1. The van der Waals surface area contributed by atoms with Gasteiger partial charge in [0.2, 0.25) is 0 Å². The van der Waals surface area contributed by atoms with E-state index < -0.39 is 0 Å². The second-order valence-corrected chi connectivity index (χ2v) is 1.55. The van der Waals surface area contributed by atoms with Crippen molar-refractivity contribution in [3.8, 4) is 0 Å². The van der Waals surface area contributed by atoms with E-state index in [2.05, 4.69) is 18.0 Å². The number of aromatic amines is 1. The average molecular weight is 125 g/mol. The lowest BCUT2D eigenvalue weighted by Crippen LogP contribution is -1.73. The van der Waals surface area contributed by atoms with Gasteiger partial charge in [-0.2, -0.15) is 0 Å². The highest BCUT2D eigenvalue weighted by atomic mass is 14.7. The van der Waals surface area contributed by atoms with Gasteiger partial charge in [0.05, 0.1) is 0 Å². The topological polar surface area (TPSA) is 15.8 Å². The van der Waals surface area contributed by atoms with E-state index in [1.54, 1.807) is 0 Å². The van der Waals surface area contributed by atoms with Gasteiger partial charge < -0.3 is 4.98 Å². The Hall–Kier alpha value is -0.720. The molecule has 0 unspecified atom stereocenters. The Bertz CT molecular complexity index is 119. The van der Waals surface area contributed by atoms with Gasteiger partial charge in [-0.3, -0.25) is 0 Å². The van der Waals surface area contributed by atoms with Gasteiger partial charge in [0.15, 0.2) is 0 Å². The molecule has 0 bridgehead atoms. The molecule has 1 heterocycles. The first-order valence-corrected chi connectivity index (χ1v) is 3.55. The molecule has 0 aliphatic carbocycles. The lowest BCUT2D eigenvalue weighted by atomic mass is 10.4. The van der Waals surface area contributed by atoms with Crippen LogP contribution in [0.1, 0.15) is 26.5 Å². The number of aromatic nitrogens is 1. The SMILES string of the molecule is CC.CCc1ccc[nH]1. The van der Waals surface area contributed by atoms with E-state index in [1.807, 2.05) is 26.1 Å². The Balaban J connectivity index is 0.000000291. The zero-order chi connectivity index (χ0) is 7.11. The summed E-state index contributed by atoms with van der Waals surface area (Å²) in [6, 6.07) is 4.10. The highest BCUT2D eigenvalue weighted by Crippen LogP contribution is 1.92. The molecular weight excluding hydrogens is 110 g/mol. The molecule has 9 heavy (non-hydrogen) atoms. The van der Waals surface area contributed by atoms with Crippen molar-refractivity contribution in [2.24, 2.45) is 0 Å². The molecule has 1 aromatic heterocycles. The Kier molecular flexibility index (Phi) is 4.98. The average Bonchev–Trinajstić information content (AvgIpc) is 2.43. The number of hydrogen-bond acceptors (Lipinski definition) is 0. The quantitative estimate of drug-likeness (QED) is 0.593. The molecule has 0 radical (unpaired) electrons. The first-order valence-electron chi connectivity index (χ1n) is 3.55. The van der Waals surface area contributed by atoms with Crippen LogP contribution in [0.2, 0.25) is 0 Å². The van der Waals surface area contributed by atoms with E-state index in [0.29, 0.717) is 0 Å². The van der Waals surface area contributed by atoms with Crippen LogP contribution in [0.5, 0.6) is 0 Å².